The monoisotopic (exact) mass is 216 g/mol. The number of carbonyl (C=O) groups is 1. The van der Waals surface area contributed by atoms with E-state index in [1.54, 1.807) is 18.5 Å². The van der Waals surface area contributed by atoms with Gasteiger partial charge in [0.25, 0.3) is 5.91 Å². The Bertz CT molecular complexity index is 530. The van der Waals surface area contributed by atoms with Crippen LogP contribution in [-0.4, -0.2) is 20.7 Å². The van der Waals surface area contributed by atoms with E-state index in [2.05, 4.69) is 10.1 Å². The van der Waals surface area contributed by atoms with Crippen LogP contribution in [-0.2, 0) is 0 Å². The van der Waals surface area contributed by atoms with Crippen molar-refractivity contribution in [1.29, 1.82) is 0 Å². The molecule has 0 atom stereocenters. The average Bonchev–Trinajstić information content (AvgIpc) is 2.57. The second kappa shape index (κ2) is 3.77. The maximum atomic E-state index is 11.4. The largest absolute Gasteiger partial charge is 0.364 e. The van der Waals surface area contributed by atoms with E-state index in [0.29, 0.717) is 5.69 Å². The van der Waals surface area contributed by atoms with E-state index >= 15 is 0 Å². The Morgan fingerprint density at radius 3 is 2.75 bits per heavy atom. The summed E-state index contributed by atoms with van der Waals surface area (Å²) < 4.78 is 1.53. The molecule has 82 valence electrons. The van der Waals surface area contributed by atoms with E-state index in [1.165, 1.54) is 4.68 Å². The van der Waals surface area contributed by atoms with Crippen molar-refractivity contribution in [2.75, 3.05) is 0 Å². The molecule has 5 heteroatoms. The van der Waals surface area contributed by atoms with Crippen LogP contribution >= 0.6 is 0 Å². The van der Waals surface area contributed by atoms with E-state index in [4.69, 9.17) is 5.73 Å². The summed E-state index contributed by atoms with van der Waals surface area (Å²) in [6.07, 6.45) is 3.30. The highest BCUT2D eigenvalue weighted by molar-refractivity contribution is 5.93. The van der Waals surface area contributed by atoms with Crippen LogP contribution in [0.5, 0.6) is 0 Å². The van der Waals surface area contributed by atoms with Crippen molar-refractivity contribution >= 4 is 5.91 Å². The standard InChI is InChI=1S/C11H12N4O/c1-7-8(2)14-15(10(7)11(12)16)9-4-3-5-13-6-9/h3-6H,1-2H3,(H2,12,16). The Balaban J connectivity index is 2.66. The van der Waals surface area contributed by atoms with Crippen LogP contribution in [0.1, 0.15) is 21.7 Å². The Kier molecular flexibility index (Phi) is 2.44. The number of nitrogens with zero attached hydrogens (tertiary/aromatic N) is 3. The fraction of sp³-hybridized carbons (Fsp3) is 0.182. The molecule has 0 unspecified atom stereocenters. The molecule has 0 fully saturated rings. The highest BCUT2D eigenvalue weighted by atomic mass is 16.1. The zero-order valence-corrected chi connectivity index (χ0v) is 9.14. The first-order valence-electron chi connectivity index (χ1n) is 4.87. The Labute approximate surface area is 92.9 Å². The molecule has 2 N–H and O–H groups in total. The molecule has 0 bridgehead atoms. The molecule has 2 rings (SSSR count). The number of hydrogen-bond donors (Lipinski definition) is 1. The molecule has 2 heterocycles. The smallest absolute Gasteiger partial charge is 0.267 e. The van der Waals surface area contributed by atoms with Crippen molar-refractivity contribution in [2.24, 2.45) is 5.73 Å². The Morgan fingerprint density at radius 2 is 2.19 bits per heavy atom. The number of primary amides is 1. The quantitative estimate of drug-likeness (QED) is 0.813. The summed E-state index contributed by atoms with van der Waals surface area (Å²) in [6.45, 7) is 3.67. The van der Waals surface area contributed by atoms with Gasteiger partial charge in [0.2, 0.25) is 0 Å². The van der Waals surface area contributed by atoms with Crippen LogP contribution < -0.4 is 5.73 Å². The van der Waals surface area contributed by atoms with E-state index in [0.717, 1.165) is 16.9 Å². The summed E-state index contributed by atoms with van der Waals surface area (Å²) in [7, 11) is 0. The van der Waals surface area contributed by atoms with Gasteiger partial charge in [0.15, 0.2) is 0 Å². The van der Waals surface area contributed by atoms with Crippen LogP contribution in [0.4, 0.5) is 0 Å². The van der Waals surface area contributed by atoms with Crippen LogP contribution in [0.15, 0.2) is 24.5 Å². The molecule has 2 aromatic heterocycles. The number of aryl methyl sites for hydroxylation is 1. The van der Waals surface area contributed by atoms with Crippen molar-refractivity contribution in [3.05, 3.63) is 41.5 Å². The molecule has 0 aromatic carbocycles. The molecule has 0 radical (unpaired) electrons. The van der Waals surface area contributed by atoms with Gasteiger partial charge < -0.3 is 5.73 Å². The topological polar surface area (TPSA) is 73.8 Å². The molecule has 2 aromatic rings. The second-order valence-corrected chi connectivity index (χ2v) is 3.55. The van der Waals surface area contributed by atoms with Gasteiger partial charge in [-0.2, -0.15) is 5.10 Å². The third-order valence-electron chi connectivity index (χ3n) is 2.48. The first kappa shape index (κ1) is 10.4. The van der Waals surface area contributed by atoms with Gasteiger partial charge in [-0.25, -0.2) is 4.68 Å². The predicted molar refractivity (Wildman–Crippen MR) is 59.4 cm³/mol. The highest BCUT2D eigenvalue weighted by Gasteiger charge is 2.17. The minimum absolute atomic E-state index is 0.408. The molecule has 0 saturated heterocycles. The molecule has 0 spiro atoms. The Hall–Kier alpha value is -2.17. The number of amides is 1. The lowest BCUT2D eigenvalue weighted by Gasteiger charge is -2.04. The summed E-state index contributed by atoms with van der Waals surface area (Å²) in [5, 5.41) is 4.28. The van der Waals surface area contributed by atoms with Gasteiger partial charge in [-0.05, 0) is 26.0 Å². The summed E-state index contributed by atoms with van der Waals surface area (Å²) in [5.74, 6) is -0.484. The molecule has 5 nitrogen and oxygen atoms in total. The molecule has 1 amide bonds. The molecular weight excluding hydrogens is 204 g/mol. The molecule has 0 saturated carbocycles. The van der Waals surface area contributed by atoms with E-state index in [9.17, 15) is 4.79 Å². The van der Waals surface area contributed by atoms with E-state index < -0.39 is 5.91 Å². The minimum atomic E-state index is -0.484. The highest BCUT2D eigenvalue weighted by Crippen LogP contribution is 2.16. The fourth-order valence-electron chi connectivity index (χ4n) is 1.56. The maximum Gasteiger partial charge on any atom is 0.267 e. The summed E-state index contributed by atoms with van der Waals surface area (Å²) in [5.41, 5.74) is 8.07. The van der Waals surface area contributed by atoms with Gasteiger partial charge >= 0.3 is 0 Å². The summed E-state index contributed by atoms with van der Waals surface area (Å²) in [6, 6.07) is 3.61. The van der Waals surface area contributed by atoms with Crippen LogP contribution in [0, 0.1) is 13.8 Å². The van der Waals surface area contributed by atoms with Gasteiger partial charge in [0, 0.05) is 11.8 Å². The SMILES string of the molecule is Cc1nn(-c2cccnc2)c(C(N)=O)c1C. The van der Waals surface area contributed by atoms with Crippen molar-refractivity contribution in [3.8, 4) is 5.69 Å². The second-order valence-electron chi connectivity index (χ2n) is 3.55. The summed E-state index contributed by atoms with van der Waals surface area (Å²) >= 11 is 0. The van der Waals surface area contributed by atoms with Gasteiger partial charge in [0.1, 0.15) is 5.69 Å². The number of pyridine rings is 1. The molecular formula is C11H12N4O. The predicted octanol–water partition coefficient (Wildman–Crippen LogP) is 0.983. The lowest BCUT2D eigenvalue weighted by Crippen LogP contribution is -2.17. The average molecular weight is 216 g/mol. The van der Waals surface area contributed by atoms with Crippen molar-refractivity contribution in [2.45, 2.75) is 13.8 Å². The number of aromatic nitrogens is 3. The van der Waals surface area contributed by atoms with Gasteiger partial charge in [-0.3, -0.25) is 9.78 Å². The first-order valence-corrected chi connectivity index (χ1v) is 4.87. The molecule has 16 heavy (non-hydrogen) atoms. The van der Waals surface area contributed by atoms with Crippen LogP contribution in [0.2, 0.25) is 0 Å². The van der Waals surface area contributed by atoms with Crippen LogP contribution in [0.3, 0.4) is 0 Å². The summed E-state index contributed by atoms with van der Waals surface area (Å²) in [4.78, 5) is 15.4. The Morgan fingerprint density at radius 1 is 1.44 bits per heavy atom. The third kappa shape index (κ3) is 1.56. The molecule has 0 aliphatic carbocycles. The third-order valence-corrected chi connectivity index (χ3v) is 2.48. The zero-order valence-electron chi connectivity index (χ0n) is 9.14. The van der Waals surface area contributed by atoms with Crippen molar-refractivity contribution in [3.63, 3.8) is 0 Å². The zero-order chi connectivity index (χ0) is 11.7. The van der Waals surface area contributed by atoms with Crippen molar-refractivity contribution < 1.29 is 4.79 Å². The van der Waals surface area contributed by atoms with Crippen molar-refractivity contribution in [1.82, 2.24) is 14.8 Å². The van der Waals surface area contributed by atoms with Gasteiger partial charge in [0.05, 0.1) is 17.6 Å². The number of nitrogens with two attached hydrogens (primary N) is 1. The fourth-order valence-corrected chi connectivity index (χ4v) is 1.56. The van der Waals surface area contributed by atoms with Gasteiger partial charge in [-0.15, -0.1) is 0 Å². The first-order chi connectivity index (χ1) is 7.61. The number of rotatable bonds is 2. The van der Waals surface area contributed by atoms with Crippen LogP contribution in [0.25, 0.3) is 5.69 Å². The molecule has 0 aliphatic rings. The number of carbonyl (C=O) groups excluding carboxylic acids is 1. The maximum absolute atomic E-state index is 11.4. The minimum Gasteiger partial charge on any atom is -0.364 e. The van der Waals surface area contributed by atoms with E-state index in [-0.39, 0.29) is 0 Å². The van der Waals surface area contributed by atoms with E-state index in [1.807, 2.05) is 19.9 Å². The van der Waals surface area contributed by atoms with Gasteiger partial charge in [-0.1, -0.05) is 0 Å². The number of hydrogen-bond acceptors (Lipinski definition) is 3. The molecule has 0 aliphatic heterocycles. The normalized spacial score (nSPS) is 10.4. The lowest BCUT2D eigenvalue weighted by atomic mass is 10.2. The lowest BCUT2D eigenvalue weighted by molar-refractivity contribution is 0.0992.